The van der Waals surface area contributed by atoms with Gasteiger partial charge in [-0.1, -0.05) is 18.2 Å². The average molecular weight is 425 g/mol. The van der Waals surface area contributed by atoms with E-state index in [9.17, 15) is 0 Å². The van der Waals surface area contributed by atoms with Crippen molar-refractivity contribution >= 4 is 43.7 Å². The Hall–Kier alpha value is -4.51. The fourth-order valence-corrected chi connectivity index (χ4v) is 5.03. The molecule has 5 nitrogen and oxygen atoms in total. The lowest BCUT2D eigenvalue weighted by atomic mass is 10.2. The monoisotopic (exact) mass is 425 g/mol. The summed E-state index contributed by atoms with van der Waals surface area (Å²) in [6.07, 6.45) is 9.42. The van der Waals surface area contributed by atoms with Crippen LogP contribution < -0.4 is 0 Å². The Morgan fingerprint density at radius 1 is 0.606 bits per heavy atom. The highest BCUT2D eigenvalue weighted by molar-refractivity contribution is 6.11. The van der Waals surface area contributed by atoms with Gasteiger partial charge < -0.3 is 9.13 Å². The molecule has 0 atom stereocenters. The largest absolute Gasteiger partial charge is 0.309 e. The van der Waals surface area contributed by atoms with E-state index in [1.165, 1.54) is 5.56 Å². The Bertz CT molecular complexity index is 1770. The molecule has 33 heavy (non-hydrogen) atoms. The Balaban J connectivity index is 1.61. The maximum absolute atomic E-state index is 4.81. The predicted octanol–water partition coefficient (Wildman–Crippen LogP) is 6.37. The van der Waals surface area contributed by atoms with Crippen LogP contribution >= 0.6 is 0 Å². The topological polar surface area (TPSA) is 48.5 Å². The van der Waals surface area contributed by atoms with E-state index in [0.717, 1.165) is 55.1 Å². The van der Waals surface area contributed by atoms with E-state index >= 15 is 0 Å². The van der Waals surface area contributed by atoms with Crippen molar-refractivity contribution in [3.05, 3.63) is 103 Å². The van der Waals surface area contributed by atoms with E-state index in [-0.39, 0.29) is 0 Å². The summed E-state index contributed by atoms with van der Waals surface area (Å²) in [5.74, 6) is 0. The first-order valence-corrected chi connectivity index (χ1v) is 10.9. The van der Waals surface area contributed by atoms with Crippen LogP contribution in [-0.2, 0) is 0 Å². The van der Waals surface area contributed by atoms with Gasteiger partial charge in [0.15, 0.2) is 0 Å². The van der Waals surface area contributed by atoms with Crippen molar-refractivity contribution in [2.24, 2.45) is 0 Å². The number of fused-ring (bicyclic) bond motifs is 6. The van der Waals surface area contributed by atoms with Gasteiger partial charge in [0.25, 0.3) is 0 Å². The molecule has 7 aromatic rings. The van der Waals surface area contributed by atoms with Crippen LogP contribution in [0.5, 0.6) is 0 Å². The van der Waals surface area contributed by atoms with E-state index in [4.69, 9.17) is 4.98 Å². The molecule has 0 amide bonds. The summed E-state index contributed by atoms with van der Waals surface area (Å²) in [5, 5.41) is 3.33. The highest BCUT2D eigenvalue weighted by Gasteiger charge is 2.18. The first-order chi connectivity index (χ1) is 16.3. The van der Waals surface area contributed by atoms with Crippen LogP contribution in [0.25, 0.3) is 55.1 Å². The van der Waals surface area contributed by atoms with Crippen LogP contribution in [-0.4, -0.2) is 24.1 Å². The molecule has 0 bridgehead atoms. The van der Waals surface area contributed by atoms with Crippen LogP contribution in [0.2, 0.25) is 0 Å². The van der Waals surface area contributed by atoms with Gasteiger partial charge in [-0.05, 0) is 61.0 Å². The molecule has 5 heteroatoms. The average Bonchev–Trinajstić information content (AvgIpc) is 3.38. The molecule has 2 aromatic carbocycles. The molecule has 0 aliphatic rings. The lowest BCUT2D eigenvalue weighted by Crippen LogP contribution is -1.96. The second-order valence-corrected chi connectivity index (χ2v) is 8.32. The van der Waals surface area contributed by atoms with Gasteiger partial charge in [0.05, 0.1) is 27.6 Å². The summed E-state index contributed by atoms with van der Waals surface area (Å²) < 4.78 is 4.60. The number of aryl methyl sites for hydroxylation is 1. The van der Waals surface area contributed by atoms with Crippen LogP contribution in [0.4, 0.5) is 0 Å². The summed E-state index contributed by atoms with van der Waals surface area (Å²) in [6, 6.07) is 23.3. The van der Waals surface area contributed by atoms with Crippen molar-refractivity contribution in [1.29, 1.82) is 0 Å². The number of aromatic nitrogens is 5. The molecule has 0 aliphatic carbocycles. The Morgan fingerprint density at radius 3 is 2.03 bits per heavy atom. The third-order valence-corrected chi connectivity index (χ3v) is 6.47. The Kier molecular flexibility index (Phi) is 3.70. The first kappa shape index (κ1) is 18.1. The van der Waals surface area contributed by atoms with E-state index in [2.05, 4.69) is 86.7 Å². The van der Waals surface area contributed by atoms with Crippen LogP contribution in [0.3, 0.4) is 0 Å². The number of pyridine rings is 3. The van der Waals surface area contributed by atoms with Crippen LogP contribution in [0.15, 0.2) is 97.7 Å². The van der Waals surface area contributed by atoms with Gasteiger partial charge in [0.2, 0.25) is 0 Å². The summed E-state index contributed by atoms with van der Waals surface area (Å²) in [6.45, 7) is 2.15. The third-order valence-electron chi connectivity index (χ3n) is 6.47. The van der Waals surface area contributed by atoms with Gasteiger partial charge in [-0.25, -0.2) is 0 Å². The van der Waals surface area contributed by atoms with E-state index < -0.39 is 0 Å². The number of benzene rings is 2. The fourth-order valence-electron chi connectivity index (χ4n) is 5.03. The number of rotatable bonds is 2. The molecule has 0 aliphatic heterocycles. The van der Waals surface area contributed by atoms with Gasteiger partial charge in [0, 0.05) is 58.5 Å². The van der Waals surface area contributed by atoms with Gasteiger partial charge in [-0.3, -0.25) is 15.0 Å². The lowest BCUT2D eigenvalue weighted by molar-refractivity contribution is 1.15. The van der Waals surface area contributed by atoms with Crippen LogP contribution in [0, 0.1) is 6.92 Å². The maximum Gasteiger partial charge on any atom is 0.0966 e. The molecule has 0 spiro atoms. The SMILES string of the molecule is Cc1ccnc2c3cc(-n4c5ccncc5c5cnccc54)ccc3n(-c3ccccc3)c12. The zero-order chi connectivity index (χ0) is 21.9. The molecule has 7 rings (SSSR count). The third kappa shape index (κ3) is 2.50. The van der Waals surface area contributed by atoms with Gasteiger partial charge >= 0.3 is 0 Å². The van der Waals surface area contributed by atoms with Crippen molar-refractivity contribution in [1.82, 2.24) is 24.1 Å². The Labute approximate surface area is 189 Å². The lowest BCUT2D eigenvalue weighted by Gasteiger charge is -2.10. The second kappa shape index (κ2) is 6.74. The first-order valence-electron chi connectivity index (χ1n) is 10.9. The number of nitrogens with zero attached hydrogens (tertiary/aromatic N) is 5. The van der Waals surface area contributed by atoms with Crippen molar-refractivity contribution in [3.8, 4) is 11.4 Å². The molecular weight excluding hydrogens is 406 g/mol. The zero-order valence-corrected chi connectivity index (χ0v) is 18.0. The molecule has 0 N–H and O–H groups in total. The minimum atomic E-state index is 1.01. The standard InChI is InChI=1S/C28H19N5/c1-18-9-14-31-27-21-15-20(7-8-24(21)33(28(18)27)19-5-3-2-4-6-19)32-25-10-12-29-16-22(25)23-17-30-13-11-26(23)32/h2-17H,1H3. The van der Waals surface area contributed by atoms with Gasteiger partial charge in [-0.2, -0.15) is 0 Å². The smallest absolute Gasteiger partial charge is 0.0966 e. The minimum absolute atomic E-state index is 1.01. The summed E-state index contributed by atoms with van der Waals surface area (Å²) in [7, 11) is 0. The molecule has 0 fully saturated rings. The van der Waals surface area contributed by atoms with Crippen molar-refractivity contribution in [3.63, 3.8) is 0 Å². The van der Waals surface area contributed by atoms with E-state index in [1.54, 1.807) is 0 Å². The Morgan fingerprint density at radius 2 is 1.30 bits per heavy atom. The molecule has 0 unspecified atom stereocenters. The molecular formula is C28H19N5. The highest BCUT2D eigenvalue weighted by atomic mass is 15.0. The summed E-state index contributed by atoms with van der Waals surface area (Å²) in [4.78, 5) is 13.5. The maximum atomic E-state index is 4.81. The second-order valence-electron chi connectivity index (χ2n) is 8.32. The van der Waals surface area contributed by atoms with Crippen molar-refractivity contribution < 1.29 is 0 Å². The van der Waals surface area contributed by atoms with Crippen molar-refractivity contribution in [2.75, 3.05) is 0 Å². The highest BCUT2D eigenvalue weighted by Crippen LogP contribution is 2.36. The summed E-state index contributed by atoms with van der Waals surface area (Å²) in [5.41, 5.74) is 8.96. The van der Waals surface area contributed by atoms with Crippen molar-refractivity contribution in [2.45, 2.75) is 6.92 Å². The molecule has 0 saturated carbocycles. The van der Waals surface area contributed by atoms with E-state index in [1.807, 2.05) is 37.1 Å². The fraction of sp³-hybridized carbons (Fsp3) is 0.0357. The zero-order valence-electron chi connectivity index (χ0n) is 18.0. The molecule has 0 saturated heterocycles. The van der Waals surface area contributed by atoms with Gasteiger partial charge in [-0.15, -0.1) is 0 Å². The van der Waals surface area contributed by atoms with Gasteiger partial charge in [0.1, 0.15) is 0 Å². The normalized spacial score (nSPS) is 11.8. The molecule has 156 valence electrons. The van der Waals surface area contributed by atoms with Crippen LogP contribution in [0.1, 0.15) is 5.56 Å². The molecule has 5 aromatic heterocycles. The minimum Gasteiger partial charge on any atom is -0.309 e. The number of hydrogen-bond acceptors (Lipinski definition) is 3. The summed E-state index contributed by atoms with van der Waals surface area (Å²) >= 11 is 0. The predicted molar refractivity (Wildman–Crippen MR) is 133 cm³/mol. The number of para-hydroxylation sites is 1. The molecule has 0 radical (unpaired) electrons. The number of hydrogen-bond donors (Lipinski definition) is 0. The van der Waals surface area contributed by atoms with E-state index in [0.29, 0.717) is 0 Å². The quantitative estimate of drug-likeness (QED) is 0.323. The molecule has 5 heterocycles.